The Morgan fingerprint density at radius 2 is 2.12 bits per heavy atom. The Kier molecular flexibility index (Phi) is 2.44. The van der Waals surface area contributed by atoms with Crippen LogP contribution in [0.1, 0.15) is 11.9 Å². The van der Waals surface area contributed by atoms with Crippen molar-refractivity contribution in [2.45, 2.75) is 6.29 Å². The molecule has 2 heterocycles. The molecule has 82 valence electrons. The van der Waals surface area contributed by atoms with Gasteiger partial charge in [-0.15, -0.1) is 0 Å². The minimum Gasteiger partial charge on any atom is -0.346 e. The molecule has 0 spiro atoms. The number of hydrogen-bond donors (Lipinski definition) is 0. The smallest absolute Gasteiger partial charge is 0.184 e. The van der Waals surface area contributed by atoms with Crippen molar-refractivity contribution < 1.29 is 9.47 Å². The Morgan fingerprint density at radius 3 is 2.88 bits per heavy atom. The van der Waals surface area contributed by atoms with Gasteiger partial charge in [-0.3, -0.25) is 0 Å². The van der Waals surface area contributed by atoms with Crippen molar-refractivity contribution >= 4 is 0 Å². The maximum atomic E-state index is 5.46. The van der Waals surface area contributed by atoms with Gasteiger partial charge in [0, 0.05) is 23.6 Å². The number of aromatic nitrogens is 2. The minimum absolute atomic E-state index is 0.219. The highest BCUT2D eigenvalue weighted by molar-refractivity contribution is 5.36. The summed E-state index contributed by atoms with van der Waals surface area (Å²) >= 11 is 0. The van der Waals surface area contributed by atoms with E-state index in [1.165, 1.54) is 0 Å². The summed E-state index contributed by atoms with van der Waals surface area (Å²) in [6.45, 7) is 1.33. The fourth-order valence-electron chi connectivity index (χ4n) is 1.79. The highest BCUT2D eigenvalue weighted by atomic mass is 16.7. The average Bonchev–Trinajstić information content (AvgIpc) is 3.03. The summed E-state index contributed by atoms with van der Waals surface area (Å²) in [6, 6.07) is 8.09. The molecule has 1 saturated heterocycles. The van der Waals surface area contributed by atoms with Crippen molar-refractivity contribution in [1.29, 1.82) is 0 Å². The zero-order valence-electron chi connectivity index (χ0n) is 8.74. The Balaban J connectivity index is 1.93. The third-order valence-electron chi connectivity index (χ3n) is 2.57. The SMILES string of the molecule is c1cc(C2OCCO2)cc(-n2ccnc2)c1. The fraction of sp³-hybridized carbons (Fsp3) is 0.250. The molecule has 0 atom stereocenters. The van der Waals surface area contributed by atoms with Crippen LogP contribution in [0.15, 0.2) is 43.0 Å². The lowest BCUT2D eigenvalue weighted by Crippen LogP contribution is -1.99. The largest absolute Gasteiger partial charge is 0.346 e. The molecule has 4 nitrogen and oxygen atoms in total. The fourth-order valence-corrected chi connectivity index (χ4v) is 1.79. The van der Waals surface area contributed by atoms with Gasteiger partial charge in [0.05, 0.1) is 19.5 Å². The number of hydrogen-bond acceptors (Lipinski definition) is 3. The topological polar surface area (TPSA) is 36.3 Å². The predicted molar refractivity (Wildman–Crippen MR) is 58.2 cm³/mol. The lowest BCUT2D eigenvalue weighted by atomic mass is 10.2. The molecule has 1 aromatic heterocycles. The molecule has 16 heavy (non-hydrogen) atoms. The van der Waals surface area contributed by atoms with Gasteiger partial charge in [0.15, 0.2) is 6.29 Å². The van der Waals surface area contributed by atoms with Crippen molar-refractivity contribution in [3.8, 4) is 5.69 Å². The first-order chi connectivity index (χ1) is 7.93. The molecule has 1 aliphatic heterocycles. The molecule has 4 heteroatoms. The van der Waals surface area contributed by atoms with Crippen LogP contribution in [0.3, 0.4) is 0 Å². The number of rotatable bonds is 2. The van der Waals surface area contributed by atoms with E-state index in [4.69, 9.17) is 9.47 Å². The normalized spacial score (nSPS) is 16.8. The zero-order chi connectivity index (χ0) is 10.8. The van der Waals surface area contributed by atoms with Gasteiger partial charge < -0.3 is 14.0 Å². The monoisotopic (exact) mass is 216 g/mol. The summed E-state index contributed by atoms with van der Waals surface area (Å²) in [6.07, 6.45) is 5.23. The second-order valence-electron chi connectivity index (χ2n) is 3.64. The van der Waals surface area contributed by atoms with Crippen molar-refractivity contribution in [2.24, 2.45) is 0 Å². The van der Waals surface area contributed by atoms with Gasteiger partial charge in [0.1, 0.15) is 0 Å². The molecule has 0 amide bonds. The Bertz CT molecular complexity index is 462. The van der Waals surface area contributed by atoms with Crippen molar-refractivity contribution in [2.75, 3.05) is 13.2 Å². The molecule has 3 rings (SSSR count). The van der Waals surface area contributed by atoms with Gasteiger partial charge in [0.25, 0.3) is 0 Å². The molecule has 1 aliphatic rings. The van der Waals surface area contributed by atoms with E-state index in [1.54, 1.807) is 12.5 Å². The van der Waals surface area contributed by atoms with Crippen molar-refractivity contribution in [1.82, 2.24) is 9.55 Å². The van der Waals surface area contributed by atoms with E-state index in [2.05, 4.69) is 11.1 Å². The number of ether oxygens (including phenoxy) is 2. The van der Waals surface area contributed by atoms with Crippen LogP contribution in [0.2, 0.25) is 0 Å². The molecule has 0 N–H and O–H groups in total. The summed E-state index contributed by atoms with van der Waals surface area (Å²) in [5.74, 6) is 0. The summed E-state index contributed by atoms with van der Waals surface area (Å²) in [5, 5.41) is 0. The van der Waals surface area contributed by atoms with Crippen LogP contribution in [0.5, 0.6) is 0 Å². The van der Waals surface area contributed by atoms with E-state index >= 15 is 0 Å². The Hall–Kier alpha value is -1.65. The number of nitrogens with zero attached hydrogens (tertiary/aromatic N) is 2. The van der Waals surface area contributed by atoms with E-state index in [0.717, 1.165) is 11.3 Å². The maximum absolute atomic E-state index is 5.46. The molecule has 0 saturated carbocycles. The first-order valence-corrected chi connectivity index (χ1v) is 5.25. The van der Waals surface area contributed by atoms with Crippen LogP contribution in [-0.2, 0) is 9.47 Å². The summed E-state index contributed by atoms with van der Waals surface area (Å²) in [4.78, 5) is 4.03. The van der Waals surface area contributed by atoms with Crippen LogP contribution < -0.4 is 0 Å². The quantitative estimate of drug-likeness (QED) is 0.769. The van der Waals surface area contributed by atoms with Gasteiger partial charge in [-0.2, -0.15) is 0 Å². The average molecular weight is 216 g/mol. The van der Waals surface area contributed by atoms with Crippen LogP contribution in [0.25, 0.3) is 5.69 Å². The molecule has 1 aromatic carbocycles. The minimum atomic E-state index is -0.219. The zero-order valence-corrected chi connectivity index (χ0v) is 8.74. The summed E-state index contributed by atoms with van der Waals surface area (Å²) in [7, 11) is 0. The third kappa shape index (κ3) is 1.73. The molecule has 0 unspecified atom stereocenters. The second-order valence-corrected chi connectivity index (χ2v) is 3.64. The van der Waals surface area contributed by atoms with Crippen LogP contribution in [-0.4, -0.2) is 22.8 Å². The first kappa shape index (κ1) is 9.57. The lowest BCUT2D eigenvalue weighted by Gasteiger charge is -2.11. The van der Waals surface area contributed by atoms with E-state index in [1.807, 2.05) is 29.0 Å². The van der Waals surface area contributed by atoms with Crippen LogP contribution in [0.4, 0.5) is 0 Å². The van der Waals surface area contributed by atoms with Gasteiger partial charge in [-0.05, 0) is 12.1 Å². The van der Waals surface area contributed by atoms with Crippen molar-refractivity contribution in [3.05, 3.63) is 48.5 Å². The van der Waals surface area contributed by atoms with E-state index in [9.17, 15) is 0 Å². The van der Waals surface area contributed by atoms with Crippen LogP contribution >= 0.6 is 0 Å². The van der Waals surface area contributed by atoms with E-state index in [0.29, 0.717) is 13.2 Å². The van der Waals surface area contributed by atoms with Gasteiger partial charge in [0.2, 0.25) is 0 Å². The highest BCUT2D eigenvalue weighted by Gasteiger charge is 2.18. The first-order valence-electron chi connectivity index (χ1n) is 5.25. The van der Waals surface area contributed by atoms with Crippen molar-refractivity contribution in [3.63, 3.8) is 0 Å². The molecular weight excluding hydrogens is 204 g/mol. The third-order valence-corrected chi connectivity index (χ3v) is 2.57. The molecule has 0 radical (unpaired) electrons. The Morgan fingerprint density at radius 1 is 1.25 bits per heavy atom. The highest BCUT2D eigenvalue weighted by Crippen LogP contribution is 2.24. The second kappa shape index (κ2) is 4.08. The summed E-state index contributed by atoms with van der Waals surface area (Å²) < 4.78 is 12.9. The number of imidazole rings is 1. The van der Waals surface area contributed by atoms with E-state index in [-0.39, 0.29) is 6.29 Å². The molecule has 2 aromatic rings. The van der Waals surface area contributed by atoms with E-state index < -0.39 is 0 Å². The predicted octanol–water partition coefficient (Wildman–Crippen LogP) is 1.92. The van der Waals surface area contributed by atoms with Gasteiger partial charge >= 0.3 is 0 Å². The summed E-state index contributed by atoms with van der Waals surface area (Å²) in [5.41, 5.74) is 2.11. The van der Waals surface area contributed by atoms with Crippen LogP contribution in [0, 0.1) is 0 Å². The molecule has 0 bridgehead atoms. The maximum Gasteiger partial charge on any atom is 0.184 e. The Labute approximate surface area is 93.4 Å². The standard InChI is InChI=1S/C12H12N2O2/c1-2-10(12-15-6-7-16-12)8-11(3-1)14-5-4-13-9-14/h1-5,8-9,12H,6-7H2. The number of benzene rings is 1. The molecule has 1 fully saturated rings. The lowest BCUT2D eigenvalue weighted by molar-refractivity contribution is -0.0441. The van der Waals surface area contributed by atoms with Gasteiger partial charge in [-0.1, -0.05) is 12.1 Å². The molecular formula is C12H12N2O2. The molecule has 0 aliphatic carbocycles. The van der Waals surface area contributed by atoms with Gasteiger partial charge in [-0.25, -0.2) is 4.98 Å².